The molecule has 1 heterocycles. The zero-order chi connectivity index (χ0) is 11.6. The molecule has 1 aromatic rings. The van der Waals surface area contributed by atoms with E-state index in [1.807, 2.05) is 4.68 Å². The first kappa shape index (κ1) is 13.2. The first-order chi connectivity index (χ1) is 7.88. The monoisotopic (exact) mass is 224 g/mol. The Bertz CT molecular complexity index is 270. The van der Waals surface area contributed by atoms with Crippen LogP contribution >= 0.6 is 0 Å². The summed E-state index contributed by atoms with van der Waals surface area (Å²) in [5.74, 6) is 0.894. The summed E-state index contributed by atoms with van der Waals surface area (Å²) in [5, 5.41) is 4.16. The average molecular weight is 224 g/mol. The first-order valence-electron chi connectivity index (χ1n) is 6.45. The second kappa shape index (κ2) is 8.28. The number of hydrogen-bond acceptors (Lipinski definition) is 3. The highest BCUT2D eigenvalue weighted by Crippen LogP contribution is 2.07. The van der Waals surface area contributed by atoms with Gasteiger partial charge in [-0.05, 0) is 6.42 Å². The highest BCUT2D eigenvalue weighted by molar-refractivity contribution is 4.81. The van der Waals surface area contributed by atoms with Crippen molar-refractivity contribution < 1.29 is 0 Å². The summed E-state index contributed by atoms with van der Waals surface area (Å²) in [4.78, 5) is 4.10. The quantitative estimate of drug-likeness (QED) is 0.656. The lowest BCUT2D eigenvalue weighted by Gasteiger charge is -2.04. The summed E-state index contributed by atoms with van der Waals surface area (Å²) in [7, 11) is 0. The van der Waals surface area contributed by atoms with E-state index >= 15 is 0 Å². The van der Waals surface area contributed by atoms with Crippen molar-refractivity contribution in [3.63, 3.8) is 0 Å². The lowest BCUT2D eigenvalue weighted by atomic mass is 10.1. The molecule has 0 aliphatic carbocycles. The minimum Gasteiger partial charge on any atom is -0.324 e. The third-order valence-electron chi connectivity index (χ3n) is 2.85. The van der Waals surface area contributed by atoms with Gasteiger partial charge < -0.3 is 5.73 Å². The smallest absolute Gasteiger partial charge is 0.140 e. The number of aryl methyl sites for hydroxylation is 1. The molecule has 0 radical (unpaired) electrons. The molecule has 16 heavy (non-hydrogen) atoms. The topological polar surface area (TPSA) is 56.7 Å². The Kier molecular flexibility index (Phi) is 6.81. The molecule has 4 nitrogen and oxygen atoms in total. The Morgan fingerprint density at radius 1 is 1.12 bits per heavy atom. The van der Waals surface area contributed by atoms with Gasteiger partial charge in [0.05, 0.1) is 6.54 Å². The van der Waals surface area contributed by atoms with Crippen LogP contribution in [0.1, 0.15) is 57.7 Å². The van der Waals surface area contributed by atoms with Crippen LogP contribution in [0.3, 0.4) is 0 Å². The highest BCUT2D eigenvalue weighted by atomic mass is 15.3. The van der Waals surface area contributed by atoms with Crippen LogP contribution in [-0.2, 0) is 13.1 Å². The number of aromatic nitrogens is 3. The van der Waals surface area contributed by atoms with Crippen molar-refractivity contribution in [3.05, 3.63) is 12.2 Å². The second-order valence-electron chi connectivity index (χ2n) is 4.22. The molecule has 0 aliphatic heterocycles. The van der Waals surface area contributed by atoms with Gasteiger partial charge in [-0.15, -0.1) is 0 Å². The minimum atomic E-state index is 0.483. The minimum absolute atomic E-state index is 0.483. The van der Waals surface area contributed by atoms with Crippen molar-refractivity contribution in [3.8, 4) is 0 Å². The molecule has 0 fully saturated rings. The van der Waals surface area contributed by atoms with Gasteiger partial charge in [0.25, 0.3) is 0 Å². The summed E-state index contributed by atoms with van der Waals surface area (Å²) in [6, 6.07) is 0. The van der Waals surface area contributed by atoms with Crippen LogP contribution in [0.5, 0.6) is 0 Å². The van der Waals surface area contributed by atoms with E-state index in [9.17, 15) is 0 Å². The maximum absolute atomic E-state index is 5.56. The third-order valence-corrected chi connectivity index (χ3v) is 2.85. The Labute approximate surface area is 98.2 Å². The molecule has 0 bridgehead atoms. The Morgan fingerprint density at radius 2 is 1.81 bits per heavy atom. The molecule has 0 amide bonds. The standard InChI is InChI=1S/C12H24N4/c1-2-3-4-5-6-7-8-9-16-12(10-13)14-11-15-16/h11H,2-10,13H2,1H3. The van der Waals surface area contributed by atoms with Gasteiger partial charge in [-0.3, -0.25) is 0 Å². The molecular formula is C12H24N4. The predicted molar refractivity (Wildman–Crippen MR) is 65.9 cm³/mol. The zero-order valence-corrected chi connectivity index (χ0v) is 10.4. The van der Waals surface area contributed by atoms with E-state index < -0.39 is 0 Å². The van der Waals surface area contributed by atoms with E-state index in [1.165, 1.54) is 44.9 Å². The molecule has 0 spiro atoms. The van der Waals surface area contributed by atoms with Crippen molar-refractivity contribution in [2.75, 3.05) is 0 Å². The molecule has 92 valence electrons. The summed E-state index contributed by atoms with van der Waals surface area (Å²) >= 11 is 0. The Balaban J connectivity index is 2.03. The van der Waals surface area contributed by atoms with Gasteiger partial charge in [-0.2, -0.15) is 5.10 Å². The number of rotatable bonds is 9. The predicted octanol–water partition coefficient (Wildman–Crippen LogP) is 2.49. The van der Waals surface area contributed by atoms with E-state index in [-0.39, 0.29) is 0 Å². The van der Waals surface area contributed by atoms with E-state index in [2.05, 4.69) is 17.0 Å². The number of hydrogen-bond donors (Lipinski definition) is 1. The van der Waals surface area contributed by atoms with Crippen molar-refractivity contribution >= 4 is 0 Å². The number of unbranched alkanes of at least 4 members (excludes halogenated alkanes) is 6. The van der Waals surface area contributed by atoms with E-state index in [1.54, 1.807) is 6.33 Å². The SMILES string of the molecule is CCCCCCCCCn1ncnc1CN. The molecule has 0 atom stereocenters. The molecule has 0 aromatic carbocycles. The van der Waals surface area contributed by atoms with Gasteiger partial charge in [0, 0.05) is 6.54 Å². The van der Waals surface area contributed by atoms with E-state index in [0.717, 1.165) is 12.4 Å². The normalized spacial score (nSPS) is 10.9. The van der Waals surface area contributed by atoms with Crippen molar-refractivity contribution in [2.24, 2.45) is 5.73 Å². The maximum atomic E-state index is 5.56. The van der Waals surface area contributed by atoms with Crippen LogP contribution in [-0.4, -0.2) is 14.8 Å². The lowest BCUT2D eigenvalue weighted by molar-refractivity contribution is 0.508. The molecule has 1 aromatic heterocycles. The summed E-state index contributed by atoms with van der Waals surface area (Å²) in [5.41, 5.74) is 5.56. The Hall–Kier alpha value is -0.900. The fourth-order valence-corrected chi connectivity index (χ4v) is 1.85. The van der Waals surface area contributed by atoms with Crippen LogP contribution in [0.2, 0.25) is 0 Å². The Morgan fingerprint density at radius 3 is 2.50 bits per heavy atom. The summed E-state index contributed by atoms with van der Waals surface area (Å²) < 4.78 is 1.92. The van der Waals surface area contributed by atoms with Crippen molar-refractivity contribution in [1.82, 2.24) is 14.8 Å². The van der Waals surface area contributed by atoms with Gasteiger partial charge in [-0.25, -0.2) is 9.67 Å². The van der Waals surface area contributed by atoms with E-state index in [4.69, 9.17) is 5.73 Å². The molecule has 0 saturated heterocycles. The van der Waals surface area contributed by atoms with Crippen molar-refractivity contribution in [1.29, 1.82) is 0 Å². The molecule has 2 N–H and O–H groups in total. The van der Waals surface area contributed by atoms with Gasteiger partial charge in [0.2, 0.25) is 0 Å². The largest absolute Gasteiger partial charge is 0.324 e. The van der Waals surface area contributed by atoms with Crippen molar-refractivity contribution in [2.45, 2.75) is 65.0 Å². The van der Waals surface area contributed by atoms with E-state index in [0.29, 0.717) is 6.54 Å². The molecule has 1 rings (SSSR count). The maximum Gasteiger partial charge on any atom is 0.140 e. The van der Waals surface area contributed by atoms with Gasteiger partial charge >= 0.3 is 0 Å². The molecule has 4 heteroatoms. The summed E-state index contributed by atoms with van der Waals surface area (Å²) in [6.07, 6.45) is 10.8. The van der Waals surface area contributed by atoms with Crippen LogP contribution in [0, 0.1) is 0 Å². The second-order valence-corrected chi connectivity index (χ2v) is 4.22. The van der Waals surface area contributed by atoms with Crippen LogP contribution in [0.15, 0.2) is 6.33 Å². The third kappa shape index (κ3) is 4.75. The van der Waals surface area contributed by atoms with Gasteiger partial charge in [0.15, 0.2) is 0 Å². The molecular weight excluding hydrogens is 200 g/mol. The molecule has 0 saturated carbocycles. The first-order valence-corrected chi connectivity index (χ1v) is 6.45. The van der Waals surface area contributed by atoms with Crippen LogP contribution < -0.4 is 5.73 Å². The average Bonchev–Trinajstić information content (AvgIpc) is 2.75. The molecule has 0 aliphatic rings. The fraction of sp³-hybridized carbons (Fsp3) is 0.833. The van der Waals surface area contributed by atoms with Gasteiger partial charge in [0.1, 0.15) is 12.2 Å². The van der Waals surface area contributed by atoms with Crippen LogP contribution in [0.25, 0.3) is 0 Å². The zero-order valence-electron chi connectivity index (χ0n) is 10.4. The summed E-state index contributed by atoms with van der Waals surface area (Å²) in [6.45, 7) is 3.69. The lowest BCUT2D eigenvalue weighted by Crippen LogP contribution is -2.10. The van der Waals surface area contributed by atoms with Crippen LogP contribution in [0.4, 0.5) is 0 Å². The number of nitrogens with zero attached hydrogens (tertiary/aromatic N) is 3. The molecule has 0 unspecified atom stereocenters. The number of nitrogens with two attached hydrogens (primary N) is 1. The van der Waals surface area contributed by atoms with Gasteiger partial charge in [-0.1, -0.05) is 45.4 Å². The fourth-order valence-electron chi connectivity index (χ4n) is 1.85. The highest BCUT2D eigenvalue weighted by Gasteiger charge is 2.00.